The summed E-state index contributed by atoms with van der Waals surface area (Å²) in [7, 11) is -2.08. The predicted molar refractivity (Wildman–Crippen MR) is 85.1 cm³/mol. The van der Waals surface area contributed by atoms with Crippen LogP contribution in [-0.2, 0) is 10.0 Å². The number of aliphatic hydroxyl groups is 1. The van der Waals surface area contributed by atoms with E-state index < -0.39 is 16.1 Å². The van der Waals surface area contributed by atoms with Crippen LogP contribution in [-0.4, -0.2) is 37.0 Å². The van der Waals surface area contributed by atoms with Crippen molar-refractivity contribution >= 4 is 41.9 Å². The summed E-state index contributed by atoms with van der Waals surface area (Å²) in [5.74, 6) is 0. The Labute approximate surface area is 136 Å². The van der Waals surface area contributed by atoms with Crippen molar-refractivity contribution in [1.29, 1.82) is 0 Å². The lowest BCUT2D eigenvalue weighted by Gasteiger charge is -2.34. The highest BCUT2D eigenvalue weighted by atomic mass is 79.9. The van der Waals surface area contributed by atoms with Crippen molar-refractivity contribution in [3.63, 3.8) is 0 Å². The maximum Gasteiger partial charge on any atom is 0.244 e. The van der Waals surface area contributed by atoms with Crippen LogP contribution >= 0.6 is 31.9 Å². The van der Waals surface area contributed by atoms with Gasteiger partial charge in [0.2, 0.25) is 10.0 Å². The van der Waals surface area contributed by atoms with Gasteiger partial charge in [-0.05, 0) is 47.0 Å². The molecule has 1 aromatic carbocycles. The average molecular weight is 427 g/mol. The van der Waals surface area contributed by atoms with E-state index in [1.165, 1.54) is 4.31 Å². The molecule has 1 saturated carbocycles. The largest absolute Gasteiger partial charge is 0.391 e. The van der Waals surface area contributed by atoms with E-state index in [1.54, 1.807) is 25.2 Å². The zero-order chi connectivity index (χ0) is 14.9. The van der Waals surface area contributed by atoms with Gasteiger partial charge in [-0.25, -0.2) is 8.42 Å². The molecule has 0 radical (unpaired) electrons. The molecule has 0 amide bonds. The second kappa shape index (κ2) is 6.44. The third-order valence-electron chi connectivity index (χ3n) is 3.71. The number of aliphatic hydroxyl groups excluding tert-OH is 1. The van der Waals surface area contributed by atoms with Gasteiger partial charge < -0.3 is 5.11 Å². The van der Waals surface area contributed by atoms with Crippen molar-refractivity contribution in [3.05, 3.63) is 27.1 Å². The third kappa shape index (κ3) is 3.27. The number of nitrogens with zero attached hydrogens (tertiary/aromatic N) is 1. The smallest absolute Gasteiger partial charge is 0.244 e. The van der Waals surface area contributed by atoms with Gasteiger partial charge in [0.15, 0.2) is 0 Å². The molecule has 0 aromatic heterocycles. The first-order valence-electron chi connectivity index (χ1n) is 6.45. The van der Waals surface area contributed by atoms with E-state index in [9.17, 15) is 13.5 Å². The first kappa shape index (κ1) is 16.4. The van der Waals surface area contributed by atoms with Crippen LogP contribution in [0.1, 0.15) is 25.7 Å². The van der Waals surface area contributed by atoms with Crippen molar-refractivity contribution in [2.75, 3.05) is 7.05 Å². The highest BCUT2D eigenvalue weighted by molar-refractivity contribution is 9.11. The second-order valence-corrected chi connectivity index (χ2v) is 8.75. The zero-order valence-corrected chi connectivity index (χ0v) is 15.1. The predicted octanol–water partition coefficient (Wildman–Crippen LogP) is 3.14. The van der Waals surface area contributed by atoms with E-state index in [0.717, 1.165) is 12.8 Å². The molecule has 20 heavy (non-hydrogen) atoms. The van der Waals surface area contributed by atoms with Crippen molar-refractivity contribution in [2.24, 2.45) is 0 Å². The number of benzene rings is 1. The van der Waals surface area contributed by atoms with Gasteiger partial charge in [0, 0.05) is 16.0 Å². The van der Waals surface area contributed by atoms with Gasteiger partial charge in [0.25, 0.3) is 0 Å². The molecule has 0 aliphatic heterocycles. The lowest BCUT2D eigenvalue weighted by atomic mass is 9.93. The molecule has 4 nitrogen and oxygen atoms in total. The van der Waals surface area contributed by atoms with Crippen LogP contribution in [0.15, 0.2) is 32.0 Å². The van der Waals surface area contributed by atoms with Gasteiger partial charge >= 0.3 is 0 Å². The fraction of sp³-hybridized carbons (Fsp3) is 0.538. The van der Waals surface area contributed by atoms with Crippen molar-refractivity contribution in [2.45, 2.75) is 42.7 Å². The van der Waals surface area contributed by atoms with Crippen LogP contribution in [0, 0.1) is 0 Å². The monoisotopic (exact) mass is 425 g/mol. The lowest BCUT2D eigenvalue weighted by molar-refractivity contribution is 0.0638. The Morgan fingerprint density at radius 2 is 1.90 bits per heavy atom. The SMILES string of the molecule is CN(C1CCCCC1O)S(=O)(=O)c1cc(Br)ccc1Br. The molecule has 2 unspecified atom stereocenters. The molecule has 2 atom stereocenters. The van der Waals surface area contributed by atoms with E-state index in [2.05, 4.69) is 31.9 Å². The number of sulfonamides is 1. The zero-order valence-electron chi connectivity index (χ0n) is 11.1. The Morgan fingerprint density at radius 1 is 1.25 bits per heavy atom. The standard InChI is InChI=1S/C13H17Br2NO3S/c1-16(11-4-2-3-5-12(11)17)20(18,19)13-8-9(14)6-7-10(13)15/h6-8,11-12,17H,2-5H2,1H3. The molecule has 0 heterocycles. The summed E-state index contributed by atoms with van der Waals surface area (Å²) >= 11 is 6.58. The molecule has 2 rings (SSSR count). The van der Waals surface area contributed by atoms with Crippen molar-refractivity contribution in [1.82, 2.24) is 4.31 Å². The minimum Gasteiger partial charge on any atom is -0.391 e. The Balaban J connectivity index is 2.36. The van der Waals surface area contributed by atoms with E-state index >= 15 is 0 Å². The number of halogens is 2. The fourth-order valence-electron chi connectivity index (χ4n) is 2.52. The summed E-state index contributed by atoms with van der Waals surface area (Å²) in [6.07, 6.45) is 2.66. The summed E-state index contributed by atoms with van der Waals surface area (Å²) in [6, 6.07) is 4.70. The molecular weight excluding hydrogens is 410 g/mol. The Hall–Kier alpha value is 0.0500. The van der Waals surface area contributed by atoms with Crippen LogP contribution in [0.4, 0.5) is 0 Å². The van der Waals surface area contributed by atoms with E-state index in [0.29, 0.717) is 21.8 Å². The second-order valence-electron chi connectivity index (χ2n) is 5.02. The number of rotatable bonds is 3. The van der Waals surface area contributed by atoms with Crippen LogP contribution < -0.4 is 0 Å². The quantitative estimate of drug-likeness (QED) is 0.807. The molecule has 7 heteroatoms. The van der Waals surface area contributed by atoms with E-state index in [1.807, 2.05) is 0 Å². The minimum absolute atomic E-state index is 0.215. The summed E-state index contributed by atoms with van der Waals surface area (Å²) in [4.78, 5) is 0.215. The minimum atomic E-state index is -3.63. The Morgan fingerprint density at radius 3 is 2.55 bits per heavy atom. The Bertz CT molecular complexity index is 591. The molecule has 1 aliphatic rings. The van der Waals surface area contributed by atoms with Gasteiger partial charge in [-0.1, -0.05) is 28.8 Å². The topological polar surface area (TPSA) is 57.6 Å². The highest BCUT2D eigenvalue weighted by Gasteiger charge is 2.35. The summed E-state index contributed by atoms with van der Waals surface area (Å²) < 4.78 is 28.0. The molecule has 1 fully saturated rings. The van der Waals surface area contributed by atoms with Gasteiger partial charge in [0.05, 0.1) is 17.0 Å². The van der Waals surface area contributed by atoms with E-state index in [-0.39, 0.29) is 10.9 Å². The summed E-state index contributed by atoms with van der Waals surface area (Å²) in [6.45, 7) is 0. The summed E-state index contributed by atoms with van der Waals surface area (Å²) in [5.41, 5.74) is 0. The van der Waals surface area contributed by atoms with Gasteiger partial charge in [-0.15, -0.1) is 0 Å². The van der Waals surface area contributed by atoms with Gasteiger partial charge in [-0.3, -0.25) is 0 Å². The molecule has 0 spiro atoms. The number of likely N-dealkylation sites (N-methyl/N-ethyl adjacent to an activating group) is 1. The molecule has 0 bridgehead atoms. The molecule has 1 aromatic rings. The van der Waals surface area contributed by atoms with Crippen LogP contribution in [0.3, 0.4) is 0 Å². The molecule has 1 N–H and O–H groups in total. The average Bonchev–Trinajstić information content (AvgIpc) is 2.41. The van der Waals surface area contributed by atoms with Gasteiger partial charge in [0.1, 0.15) is 0 Å². The van der Waals surface area contributed by atoms with Crippen molar-refractivity contribution in [3.8, 4) is 0 Å². The third-order valence-corrected chi connectivity index (χ3v) is 7.08. The van der Waals surface area contributed by atoms with Crippen LogP contribution in [0.5, 0.6) is 0 Å². The van der Waals surface area contributed by atoms with E-state index in [4.69, 9.17) is 0 Å². The summed E-state index contributed by atoms with van der Waals surface area (Å²) in [5, 5.41) is 10.0. The van der Waals surface area contributed by atoms with Crippen LogP contribution in [0.2, 0.25) is 0 Å². The maximum atomic E-state index is 12.7. The van der Waals surface area contributed by atoms with Crippen LogP contribution in [0.25, 0.3) is 0 Å². The maximum absolute atomic E-state index is 12.7. The molecule has 0 saturated heterocycles. The fourth-order valence-corrected chi connectivity index (χ4v) is 5.40. The Kier molecular flexibility index (Phi) is 5.29. The number of hydrogen-bond donors (Lipinski definition) is 1. The lowest BCUT2D eigenvalue weighted by Crippen LogP contribution is -2.46. The number of hydrogen-bond acceptors (Lipinski definition) is 3. The molecule has 1 aliphatic carbocycles. The highest BCUT2D eigenvalue weighted by Crippen LogP contribution is 2.31. The van der Waals surface area contributed by atoms with Crippen molar-refractivity contribution < 1.29 is 13.5 Å². The molecular formula is C13H17Br2NO3S. The first-order valence-corrected chi connectivity index (χ1v) is 9.48. The first-order chi connectivity index (χ1) is 9.34. The molecule has 112 valence electrons. The van der Waals surface area contributed by atoms with Gasteiger partial charge in [-0.2, -0.15) is 4.31 Å². The normalized spacial score (nSPS) is 24.1.